The number of halogens is 2. The van der Waals surface area contributed by atoms with Crippen molar-refractivity contribution in [3.63, 3.8) is 0 Å². The highest BCUT2D eigenvalue weighted by molar-refractivity contribution is 9.10. The molecule has 0 aliphatic heterocycles. The molecule has 0 spiro atoms. The quantitative estimate of drug-likeness (QED) is 0.871. The summed E-state index contributed by atoms with van der Waals surface area (Å²) in [5.74, 6) is -0.809. The van der Waals surface area contributed by atoms with Gasteiger partial charge in [0.1, 0.15) is 12.1 Å². The molecule has 1 N–H and O–H groups in total. The Kier molecular flexibility index (Phi) is 4.20. The number of hydrogen-bond acceptors (Lipinski definition) is 4. The standard InChI is InChI=1S/C11H11BrFN5O/c1-2-8(12)11(19)15-10-5-7(3-4-9(10)13)18-6-14-16-17-18/h3-6,8H,2H2,1H3,(H,15,19). The van der Waals surface area contributed by atoms with Gasteiger partial charge in [0, 0.05) is 0 Å². The minimum absolute atomic E-state index is 0.0934. The molecule has 0 fully saturated rings. The van der Waals surface area contributed by atoms with Crippen LogP contribution in [-0.4, -0.2) is 30.9 Å². The van der Waals surface area contributed by atoms with Crippen molar-refractivity contribution in [3.8, 4) is 5.69 Å². The van der Waals surface area contributed by atoms with Crippen LogP contribution >= 0.6 is 15.9 Å². The average molecular weight is 328 g/mol. The number of nitrogens with zero attached hydrogens (tertiary/aromatic N) is 4. The molecule has 100 valence electrons. The first-order valence-electron chi connectivity index (χ1n) is 5.59. The molecule has 19 heavy (non-hydrogen) atoms. The largest absolute Gasteiger partial charge is 0.323 e. The number of amides is 1. The third-order valence-corrected chi connectivity index (χ3v) is 3.53. The second-order valence-electron chi connectivity index (χ2n) is 3.78. The maximum Gasteiger partial charge on any atom is 0.238 e. The normalized spacial score (nSPS) is 12.2. The zero-order valence-corrected chi connectivity index (χ0v) is 11.6. The van der Waals surface area contributed by atoms with Crippen LogP contribution in [0.5, 0.6) is 0 Å². The minimum atomic E-state index is -0.513. The molecule has 0 aliphatic rings. The molecule has 2 rings (SSSR count). The molecule has 0 radical (unpaired) electrons. The topological polar surface area (TPSA) is 72.7 Å². The third kappa shape index (κ3) is 3.14. The van der Waals surface area contributed by atoms with Crippen LogP contribution in [0.15, 0.2) is 24.5 Å². The van der Waals surface area contributed by atoms with E-state index in [1.54, 1.807) is 0 Å². The highest BCUT2D eigenvalue weighted by Gasteiger charge is 2.15. The van der Waals surface area contributed by atoms with Crippen LogP contribution in [0.4, 0.5) is 10.1 Å². The molecule has 8 heteroatoms. The molecule has 1 atom stereocenters. The Morgan fingerprint density at radius 2 is 2.37 bits per heavy atom. The van der Waals surface area contributed by atoms with Gasteiger partial charge in [0.25, 0.3) is 0 Å². The third-order valence-electron chi connectivity index (χ3n) is 2.46. The first-order valence-corrected chi connectivity index (χ1v) is 6.51. The highest BCUT2D eigenvalue weighted by Crippen LogP contribution is 2.19. The Hall–Kier alpha value is -1.83. The number of hydrogen-bond donors (Lipinski definition) is 1. The van der Waals surface area contributed by atoms with E-state index in [1.807, 2.05) is 6.92 Å². The number of aromatic nitrogens is 4. The summed E-state index contributed by atoms with van der Waals surface area (Å²) in [6, 6.07) is 4.24. The lowest BCUT2D eigenvalue weighted by Gasteiger charge is -2.10. The number of carbonyl (C=O) groups is 1. The van der Waals surface area contributed by atoms with E-state index in [0.29, 0.717) is 12.1 Å². The molecule has 1 amide bonds. The average Bonchev–Trinajstić information content (AvgIpc) is 2.94. The molecule has 1 heterocycles. The second kappa shape index (κ2) is 5.87. The van der Waals surface area contributed by atoms with E-state index < -0.39 is 5.82 Å². The number of benzene rings is 1. The van der Waals surface area contributed by atoms with Gasteiger partial charge in [-0.15, -0.1) is 5.10 Å². The zero-order valence-electron chi connectivity index (χ0n) is 10.0. The van der Waals surface area contributed by atoms with Crippen molar-refractivity contribution in [1.29, 1.82) is 0 Å². The van der Waals surface area contributed by atoms with Gasteiger partial charge in [-0.05, 0) is 35.0 Å². The highest BCUT2D eigenvalue weighted by atomic mass is 79.9. The van der Waals surface area contributed by atoms with Crippen LogP contribution < -0.4 is 5.32 Å². The fraction of sp³-hybridized carbons (Fsp3) is 0.273. The van der Waals surface area contributed by atoms with Gasteiger partial charge in [-0.3, -0.25) is 4.79 Å². The summed E-state index contributed by atoms with van der Waals surface area (Å²) >= 11 is 3.21. The molecule has 0 saturated carbocycles. The predicted octanol–water partition coefficient (Wildman–Crippen LogP) is 1.91. The van der Waals surface area contributed by atoms with Gasteiger partial charge < -0.3 is 5.32 Å². The molecule has 0 saturated heterocycles. The fourth-order valence-electron chi connectivity index (χ4n) is 1.43. The monoisotopic (exact) mass is 327 g/mol. The van der Waals surface area contributed by atoms with E-state index in [1.165, 1.54) is 29.2 Å². The van der Waals surface area contributed by atoms with Gasteiger partial charge in [0.15, 0.2) is 0 Å². The van der Waals surface area contributed by atoms with Crippen LogP contribution in [0.3, 0.4) is 0 Å². The second-order valence-corrected chi connectivity index (χ2v) is 4.89. The summed E-state index contributed by atoms with van der Waals surface area (Å²) in [4.78, 5) is 11.4. The number of anilines is 1. The SMILES string of the molecule is CCC(Br)C(=O)Nc1cc(-n2cnnn2)ccc1F. The van der Waals surface area contributed by atoms with Crippen molar-refractivity contribution in [2.24, 2.45) is 0 Å². The number of tetrazole rings is 1. The van der Waals surface area contributed by atoms with Gasteiger partial charge in [-0.25, -0.2) is 9.07 Å². The van der Waals surface area contributed by atoms with Gasteiger partial charge >= 0.3 is 0 Å². The van der Waals surface area contributed by atoms with E-state index in [-0.39, 0.29) is 16.4 Å². The van der Waals surface area contributed by atoms with Crippen LogP contribution in [0.1, 0.15) is 13.3 Å². The molecular formula is C11H11BrFN5O. The number of nitrogens with one attached hydrogen (secondary N) is 1. The van der Waals surface area contributed by atoms with Crippen LogP contribution in [0.2, 0.25) is 0 Å². The number of alkyl halides is 1. The lowest BCUT2D eigenvalue weighted by molar-refractivity contribution is -0.115. The molecular weight excluding hydrogens is 317 g/mol. The van der Waals surface area contributed by atoms with Crippen LogP contribution in [0.25, 0.3) is 5.69 Å². The van der Waals surface area contributed by atoms with E-state index in [4.69, 9.17) is 0 Å². The molecule has 6 nitrogen and oxygen atoms in total. The molecule has 1 unspecified atom stereocenters. The summed E-state index contributed by atoms with van der Waals surface area (Å²) < 4.78 is 15.0. The summed E-state index contributed by atoms with van der Waals surface area (Å²) in [6.07, 6.45) is 2.00. The lowest BCUT2D eigenvalue weighted by atomic mass is 10.2. The van der Waals surface area contributed by atoms with Crippen molar-refractivity contribution >= 4 is 27.5 Å². The zero-order chi connectivity index (χ0) is 13.8. The van der Waals surface area contributed by atoms with E-state index >= 15 is 0 Å². The molecule has 2 aromatic rings. The van der Waals surface area contributed by atoms with Crippen molar-refractivity contribution in [2.75, 3.05) is 5.32 Å². The van der Waals surface area contributed by atoms with E-state index in [9.17, 15) is 9.18 Å². The van der Waals surface area contributed by atoms with Crippen LogP contribution in [-0.2, 0) is 4.79 Å². The predicted molar refractivity (Wildman–Crippen MR) is 70.7 cm³/mol. The van der Waals surface area contributed by atoms with Gasteiger partial charge in [-0.2, -0.15) is 0 Å². The van der Waals surface area contributed by atoms with Gasteiger partial charge in [0.05, 0.1) is 16.2 Å². The molecule has 0 aliphatic carbocycles. The Bertz CT molecular complexity index is 574. The number of rotatable bonds is 4. The van der Waals surface area contributed by atoms with Crippen molar-refractivity contribution in [2.45, 2.75) is 18.2 Å². The first kappa shape index (κ1) is 13.6. The summed E-state index contributed by atoms with van der Waals surface area (Å²) in [7, 11) is 0. The Morgan fingerprint density at radius 3 is 3.00 bits per heavy atom. The lowest BCUT2D eigenvalue weighted by Crippen LogP contribution is -2.22. The van der Waals surface area contributed by atoms with Crippen molar-refractivity contribution in [3.05, 3.63) is 30.3 Å². The molecule has 1 aromatic heterocycles. The Balaban J connectivity index is 2.25. The number of carbonyl (C=O) groups excluding carboxylic acids is 1. The van der Waals surface area contributed by atoms with E-state index in [2.05, 4.69) is 36.8 Å². The van der Waals surface area contributed by atoms with Gasteiger partial charge in [0.2, 0.25) is 5.91 Å². The molecule has 0 bridgehead atoms. The maximum atomic E-state index is 13.6. The summed E-state index contributed by atoms with van der Waals surface area (Å²) in [5, 5.41) is 13.2. The van der Waals surface area contributed by atoms with Crippen molar-refractivity contribution in [1.82, 2.24) is 20.2 Å². The maximum absolute atomic E-state index is 13.6. The Morgan fingerprint density at radius 1 is 1.58 bits per heavy atom. The van der Waals surface area contributed by atoms with Crippen molar-refractivity contribution < 1.29 is 9.18 Å². The minimum Gasteiger partial charge on any atom is -0.323 e. The van der Waals surface area contributed by atoms with Gasteiger partial charge in [-0.1, -0.05) is 22.9 Å². The fourth-order valence-corrected chi connectivity index (χ4v) is 1.54. The summed E-state index contributed by atoms with van der Waals surface area (Å²) in [6.45, 7) is 1.85. The first-order chi connectivity index (χ1) is 9.11. The summed E-state index contributed by atoms with van der Waals surface area (Å²) in [5.41, 5.74) is 0.653. The smallest absolute Gasteiger partial charge is 0.238 e. The Labute approximate surface area is 117 Å². The van der Waals surface area contributed by atoms with E-state index in [0.717, 1.165) is 0 Å². The van der Waals surface area contributed by atoms with Crippen LogP contribution in [0, 0.1) is 5.82 Å². The molecule has 1 aromatic carbocycles.